The van der Waals surface area contributed by atoms with Crippen LogP contribution in [-0.4, -0.2) is 70.5 Å². The van der Waals surface area contributed by atoms with Crippen molar-refractivity contribution in [1.29, 1.82) is 0 Å². The van der Waals surface area contributed by atoms with Crippen molar-refractivity contribution >= 4 is 46.4 Å². The Morgan fingerprint density at radius 1 is 0.210 bits per heavy atom. The first kappa shape index (κ1) is 87.7. The first-order chi connectivity index (χ1) is 56.6. The first-order valence-corrected chi connectivity index (χ1v) is 42.2. The first-order valence-electron chi connectivity index (χ1n) is 40.7. The zero-order valence-corrected chi connectivity index (χ0v) is 72.6. The fourth-order valence-corrected chi connectivity index (χ4v) is 18.4. The summed E-state index contributed by atoms with van der Waals surface area (Å²) in [5.41, 5.74) is 14.2. The van der Waals surface area contributed by atoms with Gasteiger partial charge in [0.2, 0.25) is 0 Å². The second-order valence-corrected chi connectivity index (χ2v) is 36.9. The summed E-state index contributed by atoms with van der Waals surface area (Å²) in [5.74, 6) is 7.65. The van der Waals surface area contributed by atoms with E-state index >= 15 is 0 Å². The van der Waals surface area contributed by atoms with E-state index in [1.165, 1.54) is 66.8 Å². The van der Waals surface area contributed by atoms with Crippen LogP contribution in [0.2, 0.25) is 0 Å². The van der Waals surface area contributed by atoms with Gasteiger partial charge in [-0.3, -0.25) is 0 Å². The minimum atomic E-state index is -1.61. The van der Waals surface area contributed by atoms with E-state index in [2.05, 4.69) is 156 Å². The van der Waals surface area contributed by atoms with Crippen LogP contribution in [0.3, 0.4) is 0 Å². The molecule has 18 rings (SSSR count). The normalized spacial score (nSPS) is 24.9. The third-order valence-electron chi connectivity index (χ3n) is 24.1. The number of halogens is 4. The van der Waals surface area contributed by atoms with Crippen LogP contribution in [0, 0.1) is 0 Å². The van der Waals surface area contributed by atoms with Gasteiger partial charge in [0.25, 0.3) is 3.25 Å². The lowest BCUT2D eigenvalue weighted by atomic mass is 9.71. The van der Waals surface area contributed by atoms with Crippen LogP contribution in [0.15, 0.2) is 291 Å². The summed E-state index contributed by atoms with van der Waals surface area (Å²) in [6.07, 6.45) is 6.77. The van der Waals surface area contributed by atoms with Gasteiger partial charge in [0.1, 0.15) is 69.0 Å². The molecule has 0 spiro atoms. The van der Waals surface area contributed by atoms with E-state index < -0.39 is 3.25 Å². The maximum Gasteiger partial charge on any atom is 0.266 e. The number of para-hydroxylation sites is 6. The fourth-order valence-electron chi connectivity index (χ4n) is 18.4. The van der Waals surface area contributed by atoms with Gasteiger partial charge >= 0.3 is 0 Å². The average Bonchev–Trinajstić information content (AvgIpc) is 0.792. The van der Waals surface area contributed by atoms with Crippen LogP contribution in [0.1, 0.15) is 188 Å². The largest absolute Gasteiger partial charge is 0.508 e. The molecule has 0 radical (unpaired) electrons. The standard InChI is InChI=1S/6C17H18O2.CCl4/c6*1-12-11-17(2,13-7-9-14(18)10-8-13)15-5-3-4-6-16(15)19-12;2-1(3,4)5/h6*3-10,12,18H,11H2,1-2H3;/t3*12-,17+;3*12-,17-;/m111111./s1. The minimum Gasteiger partial charge on any atom is -0.508 e. The number of hydrogen-bond donors (Lipinski definition) is 6. The molecule has 0 amide bonds. The van der Waals surface area contributed by atoms with Crippen LogP contribution in [-0.2, 0) is 32.5 Å². The van der Waals surface area contributed by atoms with Crippen LogP contribution in [0.25, 0.3) is 0 Å². The minimum absolute atomic E-state index is 0.0675. The molecule has 6 aliphatic rings. The van der Waals surface area contributed by atoms with Gasteiger partial charge < -0.3 is 59.1 Å². The fraction of sp³-hybridized carbons (Fsp3) is 0.301. The molecule has 12 aromatic carbocycles. The molecule has 6 N–H and O–H groups in total. The van der Waals surface area contributed by atoms with Crippen LogP contribution < -0.4 is 28.4 Å². The number of fused-ring (bicyclic) bond motifs is 6. The molecule has 12 nitrogen and oxygen atoms in total. The van der Waals surface area contributed by atoms with Gasteiger partial charge in [-0.2, -0.15) is 0 Å². The van der Waals surface area contributed by atoms with Gasteiger partial charge in [0.05, 0.1) is 36.6 Å². The van der Waals surface area contributed by atoms with Gasteiger partial charge in [-0.05, 0) is 223 Å². The van der Waals surface area contributed by atoms with E-state index in [0.29, 0.717) is 34.5 Å². The molecule has 620 valence electrons. The summed E-state index contributed by atoms with van der Waals surface area (Å²) in [6.45, 7) is 26.1. The molecule has 119 heavy (non-hydrogen) atoms. The summed E-state index contributed by atoms with van der Waals surface area (Å²) in [4.78, 5) is 0. The molecule has 12 atom stereocenters. The molecule has 6 aliphatic heterocycles. The monoisotopic (exact) mass is 1680 g/mol. The Bertz CT molecular complexity index is 4500. The van der Waals surface area contributed by atoms with Crippen molar-refractivity contribution in [3.8, 4) is 69.0 Å². The predicted molar refractivity (Wildman–Crippen MR) is 480 cm³/mol. The van der Waals surface area contributed by atoms with Gasteiger partial charge in [-0.25, -0.2) is 0 Å². The molecule has 0 bridgehead atoms. The number of ether oxygens (including phenoxy) is 6. The third-order valence-corrected chi connectivity index (χ3v) is 24.1. The van der Waals surface area contributed by atoms with E-state index in [9.17, 15) is 30.6 Å². The summed E-state index contributed by atoms with van der Waals surface area (Å²) in [5, 5.41) is 56.8. The van der Waals surface area contributed by atoms with Gasteiger partial charge in [-0.15, -0.1) is 0 Å². The highest BCUT2D eigenvalue weighted by Crippen LogP contribution is 2.52. The third kappa shape index (κ3) is 20.5. The van der Waals surface area contributed by atoms with Crippen LogP contribution >= 0.6 is 46.4 Å². The maximum absolute atomic E-state index is 9.46. The molecule has 12 aromatic rings. The average molecular weight is 1680 g/mol. The maximum atomic E-state index is 9.46. The number of alkyl halides is 4. The zero-order valence-electron chi connectivity index (χ0n) is 69.6. The van der Waals surface area contributed by atoms with Crippen LogP contribution in [0.5, 0.6) is 69.0 Å². The Kier molecular flexibility index (Phi) is 27.2. The topological polar surface area (TPSA) is 177 Å². The highest BCUT2D eigenvalue weighted by Gasteiger charge is 2.44. The summed E-state index contributed by atoms with van der Waals surface area (Å²) >= 11 is 19.3. The van der Waals surface area contributed by atoms with Crippen molar-refractivity contribution in [3.63, 3.8) is 0 Å². The Labute approximate surface area is 721 Å². The van der Waals surface area contributed by atoms with Crippen molar-refractivity contribution in [2.45, 2.75) is 194 Å². The molecule has 0 fully saturated rings. The van der Waals surface area contributed by atoms with E-state index in [4.69, 9.17) is 74.8 Å². The lowest BCUT2D eigenvalue weighted by molar-refractivity contribution is 0.157. The lowest BCUT2D eigenvalue weighted by Gasteiger charge is -2.39. The summed E-state index contributed by atoms with van der Waals surface area (Å²) < 4.78 is 33.9. The van der Waals surface area contributed by atoms with Crippen molar-refractivity contribution in [3.05, 3.63) is 358 Å². The van der Waals surface area contributed by atoms with E-state index in [0.717, 1.165) is 73.0 Å². The Hall–Kier alpha value is -10.6. The number of rotatable bonds is 6. The van der Waals surface area contributed by atoms with E-state index in [1.807, 2.05) is 146 Å². The lowest BCUT2D eigenvalue weighted by Crippen LogP contribution is -2.35. The van der Waals surface area contributed by atoms with Gasteiger partial charge in [0.15, 0.2) is 0 Å². The SMILES string of the molecule is C[C@@H]1C[C@@](C)(c2ccc(O)cc2)c2ccccc2O1.C[C@@H]1C[C@@](C)(c2ccc(O)cc2)c2ccccc2O1.C[C@@H]1C[C@@](C)(c2ccc(O)cc2)c2ccccc2O1.C[C@@H]1C[C@](C)(c2ccc(O)cc2)c2ccccc2O1.C[C@@H]1C[C@](C)(c2ccc(O)cc2)c2ccccc2O1.C[C@@H]1C[C@](C)(c2ccc(O)cc2)c2ccccc2O1.ClC(Cl)(Cl)Cl. The van der Waals surface area contributed by atoms with Gasteiger partial charge in [0, 0.05) is 65.9 Å². The highest BCUT2D eigenvalue weighted by molar-refractivity contribution is 6.83. The van der Waals surface area contributed by atoms with Crippen LogP contribution in [0.4, 0.5) is 0 Å². The van der Waals surface area contributed by atoms with Crippen molar-refractivity contribution < 1.29 is 59.1 Å². The highest BCUT2D eigenvalue weighted by atomic mass is 35.6. The molecule has 6 heterocycles. The second-order valence-electron chi connectivity index (χ2n) is 33.5. The van der Waals surface area contributed by atoms with Crippen molar-refractivity contribution in [2.75, 3.05) is 0 Å². The molecule has 0 aromatic heterocycles. The van der Waals surface area contributed by atoms with E-state index in [-0.39, 0.29) is 69.1 Å². The summed E-state index contributed by atoms with van der Waals surface area (Å²) in [7, 11) is 0. The zero-order chi connectivity index (χ0) is 85.2. The molecule has 0 aliphatic carbocycles. The van der Waals surface area contributed by atoms with Crippen molar-refractivity contribution in [2.24, 2.45) is 0 Å². The number of hydrogen-bond acceptors (Lipinski definition) is 12. The Balaban J connectivity index is 0.000000130. The number of aromatic hydroxyl groups is 6. The molecule has 16 heteroatoms. The number of phenolic OH excluding ortho intramolecular Hbond substituents is 6. The summed E-state index contributed by atoms with van der Waals surface area (Å²) in [6, 6.07) is 94.4. The number of benzene rings is 12. The smallest absolute Gasteiger partial charge is 0.266 e. The predicted octanol–water partition coefficient (Wildman–Crippen LogP) is 25.8. The quantitative estimate of drug-likeness (QED) is 0.0870. The van der Waals surface area contributed by atoms with Gasteiger partial charge in [-0.1, -0.05) is 270 Å². The molecule has 0 unspecified atom stereocenters. The molecular weight excluding hydrogens is 1570 g/mol. The number of phenols is 6. The van der Waals surface area contributed by atoms with E-state index in [1.54, 1.807) is 72.8 Å². The second kappa shape index (κ2) is 36.9. The molecule has 0 saturated heterocycles. The Morgan fingerprint density at radius 2 is 0.319 bits per heavy atom. The van der Waals surface area contributed by atoms with Crippen molar-refractivity contribution in [1.82, 2.24) is 0 Å². The molecule has 0 saturated carbocycles. The Morgan fingerprint density at radius 3 is 0.437 bits per heavy atom. The molecular formula is C103H108Cl4O12.